The van der Waals surface area contributed by atoms with E-state index < -0.39 is 11.9 Å². The maximum absolute atomic E-state index is 10.4. The number of aliphatic hydroxyl groups is 2. The number of aliphatic hydroxyl groups excluding tert-OH is 2. The van der Waals surface area contributed by atoms with Gasteiger partial charge >= 0.3 is 11.9 Å². The van der Waals surface area contributed by atoms with Crippen molar-refractivity contribution in [2.45, 2.75) is 271 Å². The van der Waals surface area contributed by atoms with Crippen molar-refractivity contribution in [2.24, 2.45) is 0 Å². The zero-order chi connectivity index (χ0) is 41.8. The van der Waals surface area contributed by atoms with Crippen molar-refractivity contribution in [3.63, 3.8) is 0 Å². The van der Waals surface area contributed by atoms with Crippen LogP contribution in [0.25, 0.3) is 0 Å². The molecule has 7 heteroatoms. The average molecular weight is 800 g/mol. The van der Waals surface area contributed by atoms with Gasteiger partial charge in [-0.1, -0.05) is 245 Å². The minimum atomic E-state index is -0.651. The standard InChI is InChI=1S/2C22H44O2.C5H13NO2/c2*1-2-3-4-5-6-7-8-9-10-11-12-13-14-15-16-17-18-19-20-21-22(23)24;1-6(2-4-7)3-5-8/h2*2-21H2,1H3,(H,23,24);7-8H,2-5H2,1H3. The lowest BCUT2D eigenvalue weighted by Gasteiger charge is -2.11. The Balaban J connectivity index is -0.000000839. The molecule has 0 heterocycles. The summed E-state index contributed by atoms with van der Waals surface area (Å²) in [6.45, 7) is 6.17. The highest BCUT2D eigenvalue weighted by Gasteiger charge is 1.99. The second kappa shape index (κ2) is 55.9. The maximum atomic E-state index is 10.4. The lowest BCUT2D eigenvalue weighted by atomic mass is 10.0. The van der Waals surface area contributed by atoms with Crippen molar-refractivity contribution < 1.29 is 30.0 Å². The smallest absolute Gasteiger partial charge is 0.303 e. The predicted molar refractivity (Wildman–Crippen MR) is 243 cm³/mol. The third kappa shape index (κ3) is 64.7. The Bertz CT molecular complexity index is 663. The van der Waals surface area contributed by atoms with E-state index >= 15 is 0 Å². The first-order valence-electron chi connectivity index (χ1n) is 24.7. The van der Waals surface area contributed by atoms with Crippen LogP contribution in [-0.4, -0.2) is 70.6 Å². The van der Waals surface area contributed by atoms with Crippen LogP contribution in [0.1, 0.15) is 271 Å². The first-order valence-corrected chi connectivity index (χ1v) is 24.7. The van der Waals surface area contributed by atoms with Gasteiger partial charge in [-0.25, -0.2) is 0 Å². The zero-order valence-electron chi connectivity index (χ0n) is 38.2. The molecular weight excluding hydrogens is 699 g/mol. The summed E-state index contributed by atoms with van der Waals surface area (Å²) in [5.74, 6) is -1.30. The molecule has 0 aromatic heterocycles. The minimum Gasteiger partial charge on any atom is -0.481 e. The lowest BCUT2D eigenvalue weighted by molar-refractivity contribution is -0.138. The second-order valence-electron chi connectivity index (χ2n) is 16.8. The number of aliphatic carboxylic acids is 2. The number of unbranched alkanes of at least 4 members (excludes halogenated alkanes) is 36. The van der Waals surface area contributed by atoms with Gasteiger partial charge < -0.3 is 25.3 Å². The van der Waals surface area contributed by atoms with E-state index in [1.165, 1.54) is 218 Å². The van der Waals surface area contributed by atoms with Crippen LogP contribution < -0.4 is 0 Å². The molecule has 7 nitrogen and oxygen atoms in total. The monoisotopic (exact) mass is 800 g/mol. The molecule has 0 aromatic carbocycles. The molecule has 0 aliphatic carbocycles. The minimum absolute atomic E-state index is 0.163. The van der Waals surface area contributed by atoms with Crippen molar-refractivity contribution >= 4 is 11.9 Å². The van der Waals surface area contributed by atoms with E-state index in [0.29, 0.717) is 25.9 Å². The summed E-state index contributed by atoms with van der Waals surface area (Å²) < 4.78 is 0. The Morgan fingerprint density at radius 1 is 0.321 bits per heavy atom. The molecule has 0 amide bonds. The Hall–Kier alpha value is -1.18. The SMILES string of the molecule is CCCCCCCCCCCCCCCCCCCCCC(=O)O.CCCCCCCCCCCCCCCCCCCCCC(=O)O.CN(CCO)CCO. The van der Waals surface area contributed by atoms with Crippen molar-refractivity contribution in [1.29, 1.82) is 0 Å². The van der Waals surface area contributed by atoms with Gasteiger partial charge in [-0.15, -0.1) is 0 Å². The molecule has 0 atom stereocenters. The van der Waals surface area contributed by atoms with Crippen LogP contribution in [0.4, 0.5) is 0 Å². The fourth-order valence-electron chi connectivity index (χ4n) is 7.16. The van der Waals surface area contributed by atoms with Gasteiger partial charge in [-0.05, 0) is 19.9 Å². The van der Waals surface area contributed by atoms with E-state index in [4.69, 9.17) is 20.4 Å². The largest absolute Gasteiger partial charge is 0.481 e. The van der Waals surface area contributed by atoms with Gasteiger partial charge in [0.1, 0.15) is 0 Å². The number of carboxylic acid groups (broad SMARTS) is 2. The summed E-state index contributed by atoms with van der Waals surface area (Å²) in [5, 5.41) is 33.8. The van der Waals surface area contributed by atoms with Gasteiger partial charge in [0.25, 0.3) is 0 Å². The first-order chi connectivity index (χ1) is 27.3. The van der Waals surface area contributed by atoms with Crippen LogP contribution >= 0.6 is 0 Å². The molecule has 0 aliphatic rings. The number of rotatable bonds is 44. The van der Waals surface area contributed by atoms with E-state index in [1.54, 1.807) is 0 Å². The predicted octanol–water partition coefficient (Wildman–Crippen LogP) is 14.7. The van der Waals surface area contributed by atoms with Gasteiger partial charge in [0.15, 0.2) is 0 Å². The van der Waals surface area contributed by atoms with Crippen LogP contribution in [0.2, 0.25) is 0 Å². The molecular formula is C49H101NO6. The highest BCUT2D eigenvalue weighted by atomic mass is 16.4. The molecule has 0 fully saturated rings. The van der Waals surface area contributed by atoms with Gasteiger partial charge in [-0.2, -0.15) is 0 Å². The quantitative estimate of drug-likeness (QED) is 0.0453. The second-order valence-corrected chi connectivity index (χ2v) is 16.8. The molecule has 56 heavy (non-hydrogen) atoms. The highest BCUT2D eigenvalue weighted by Crippen LogP contribution is 2.16. The normalized spacial score (nSPS) is 11.0. The summed E-state index contributed by atoms with van der Waals surface area (Å²) >= 11 is 0. The third-order valence-electron chi connectivity index (χ3n) is 11.0. The molecule has 0 saturated carbocycles. The first kappa shape index (κ1) is 59.1. The fraction of sp³-hybridized carbons (Fsp3) is 0.959. The maximum Gasteiger partial charge on any atom is 0.303 e. The Morgan fingerprint density at radius 3 is 0.625 bits per heavy atom. The van der Waals surface area contributed by atoms with E-state index in [0.717, 1.165) is 25.7 Å². The summed E-state index contributed by atoms with van der Waals surface area (Å²) in [6.07, 6.45) is 52.2. The zero-order valence-corrected chi connectivity index (χ0v) is 38.2. The Kier molecular flexibility index (Phi) is 59.0. The summed E-state index contributed by atoms with van der Waals surface area (Å²) in [4.78, 5) is 22.6. The Labute approximate surface area is 350 Å². The van der Waals surface area contributed by atoms with Crippen LogP contribution in [0.3, 0.4) is 0 Å². The molecule has 0 aliphatic heterocycles. The number of hydrogen-bond donors (Lipinski definition) is 4. The molecule has 0 rings (SSSR count). The molecule has 4 N–H and O–H groups in total. The Morgan fingerprint density at radius 2 is 0.482 bits per heavy atom. The van der Waals surface area contributed by atoms with Crippen LogP contribution in [-0.2, 0) is 9.59 Å². The van der Waals surface area contributed by atoms with Crippen molar-refractivity contribution in [2.75, 3.05) is 33.4 Å². The topological polar surface area (TPSA) is 118 Å². The number of nitrogens with zero attached hydrogens (tertiary/aromatic N) is 1. The van der Waals surface area contributed by atoms with Gasteiger partial charge in [0.2, 0.25) is 0 Å². The van der Waals surface area contributed by atoms with Crippen LogP contribution in [0, 0.1) is 0 Å². The number of carboxylic acids is 2. The molecule has 338 valence electrons. The summed E-state index contributed by atoms with van der Waals surface area (Å²) in [7, 11) is 1.85. The van der Waals surface area contributed by atoms with Crippen LogP contribution in [0.15, 0.2) is 0 Å². The third-order valence-corrected chi connectivity index (χ3v) is 11.0. The molecule has 0 aromatic rings. The highest BCUT2D eigenvalue weighted by molar-refractivity contribution is 5.66. The summed E-state index contributed by atoms with van der Waals surface area (Å²) in [6, 6.07) is 0. The number of carbonyl (C=O) groups is 2. The van der Waals surface area contributed by atoms with Gasteiger partial charge in [-0.3, -0.25) is 9.59 Å². The van der Waals surface area contributed by atoms with Crippen LogP contribution in [0.5, 0.6) is 0 Å². The number of likely N-dealkylation sites (N-methyl/N-ethyl adjacent to an activating group) is 1. The molecule has 0 radical (unpaired) electrons. The van der Waals surface area contributed by atoms with Crippen molar-refractivity contribution in [1.82, 2.24) is 4.90 Å². The fourth-order valence-corrected chi connectivity index (χ4v) is 7.16. The van der Waals surface area contributed by atoms with E-state index in [2.05, 4.69) is 13.8 Å². The molecule has 0 unspecified atom stereocenters. The molecule has 0 spiro atoms. The lowest BCUT2D eigenvalue weighted by Crippen LogP contribution is -2.25. The van der Waals surface area contributed by atoms with E-state index in [1.807, 2.05) is 11.9 Å². The molecule has 0 saturated heterocycles. The van der Waals surface area contributed by atoms with Crippen molar-refractivity contribution in [3.8, 4) is 0 Å². The van der Waals surface area contributed by atoms with Gasteiger partial charge in [0, 0.05) is 25.9 Å². The summed E-state index contributed by atoms with van der Waals surface area (Å²) in [5.41, 5.74) is 0. The van der Waals surface area contributed by atoms with Crippen molar-refractivity contribution in [3.05, 3.63) is 0 Å². The average Bonchev–Trinajstić information content (AvgIpc) is 3.17. The number of hydrogen-bond acceptors (Lipinski definition) is 5. The van der Waals surface area contributed by atoms with Gasteiger partial charge in [0.05, 0.1) is 13.2 Å². The van der Waals surface area contributed by atoms with E-state index in [-0.39, 0.29) is 13.2 Å². The molecule has 0 bridgehead atoms. The van der Waals surface area contributed by atoms with E-state index in [9.17, 15) is 9.59 Å².